The Morgan fingerprint density at radius 1 is 1.22 bits per heavy atom. The van der Waals surface area contributed by atoms with Crippen LogP contribution < -0.4 is 10.5 Å². The number of rotatable bonds is 3. The zero-order valence-corrected chi connectivity index (χ0v) is 11.0. The topological polar surface area (TPSA) is 61.0 Å². The lowest BCUT2D eigenvalue weighted by Crippen LogP contribution is -1.97. The molecular weight excluding hydrogens is 250 g/mol. The largest absolute Gasteiger partial charge is 0.437 e. The number of hydrogen-bond acceptors (Lipinski definition) is 4. The van der Waals surface area contributed by atoms with Gasteiger partial charge in [0.2, 0.25) is 5.88 Å². The van der Waals surface area contributed by atoms with Gasteiger partial charge in [-0.25, -0.2) is 9.97 Å². The summed E-state index contributed by atoms with van der Waals surface area (Å²) in [6, 6.07) is 6.88. The Hall–Kier alpha value is -1.81. The van der Waals surface area contributed by atoms with Crippen LogP contribution in [0.4, 0.5) is 5.69 Å². The molecule has 0 aliphatic heterocycles. The molecule has 0 saturated heterocycles. The van der Waals surface area contributed by atoms with Crippen LogP contribution in [0.1, 0.15) is 25.5 Å². The molecular formula is C13H14ClN3O. The normalized spacial score (nSPS) is 10.7. The minimum Gasteiger partial charge on any atom is -0.437 e. The van der Waals surface area contributed by atoms with E-state index in [1.54, 1.807) is 24.3 Å². The van der Waals surface area contributed by atoms with E-state index in [1.807, 2.05) is 0 Å². The molecule has 4 nitrogen and oxygen atoms in total. The number of nitrogens with zero attached hydrogens (tertiary/aromatic N) is 2. The molecule has 94 valence electrons. The van der Waals surface area contributed by atoms with Gasteiger partial charge in [-0.1, -0.05) is 25.4 Å². The Morgan fingerprint density at radius 3 is 2.67 bits per heavy atom. The Labute approximate surface area is 111 Å². The predicted octanol–water partition coefficient (Wildman–Crippen LogP) is 3.63. The van der Waals surface area contributed by atoms with Crippen molar-refractivity contribution in [2.75, 3.05) is 5.73 Å². The van der Waals surface area contributed by atoms with Gasteiger partial charge in [0.05, 0.1) is 11.4 Å². The lowest BCUT2D eigenvalue weighted by Gasteiger charge is -2.09. The Balaban J connectivity index is 2.25. The van der Waals surface area contributed by atoms with Crippen LogP contribution in [0, 0.1) is 0 Å². The van der Waals surface area contributed by atoms with Crippen LogP contribution in [0.5, 0.6) is 11.6 Å². The maximum Gasteiger partial charge on any atom is 0.222 e. The van der Waals surface area contributed by atoms with Gasteiger partial charge in [0, 0.05) is 11.1 Å². The molecule has 0 unspecified atom stereocenters. The highest BCUT2D eigenvalue weighted by Crippen LogP contribution is 2.29. The van der Waals surface area contributed by atoms with Crippen molar-refractivity contribution < 1.29 is 4.74 Å². The van der Waals surface area contributed by atoms with Gasteiger partial charge in [-0.15, -0.1) is 0 Å². The molecule has 0 aliphatic carbocycles. The number of ether oxygens (including phenoxy) is 1. The highest BCUT2D eigenvalue weighted by atomic mass is 35.5. The summed E-state index contributed by atoms with van der Waals surface area (Å²) in [5, 5.41) is 0.574. The quantitative estimate of drug-likeness (QED) is 0.859. The van der Waals surface area contributed by atoms with Crippen molar-refractivity contribution in [1.29, 1.82) is 0 Å². The van der Waals surface area contributed by atoms with E-state index in [1.165, 1.54) is 6.33 Å². The fraction of sp³-hybridized carbons (Fsp3) is 0.231. The molecule has 1 aromatic heterocycles. The van der Waals surface area contributed by atoms with Gasteiger partial charge in [-0.05, 0) is 24.1 Å². The minimum atomic E-state index is 0.318. The monoisotopic (exact) mass is 263 g/mol. The molecule has 0 saturated carbocycles. The maximum absolute atomic E-state index is 5.83. The van der Waals surface area contributed by atoms with Crippen molar-refractivity contribution in [3.8, 4) is 11.6 Å². The molecule has 0 radical (unpaired) electrons. The Bertz CT molecular complexity index is 558. The average molecular weight is 264 g/mol. The van der Waals surface area contributed by atoms with Crippen molar-refractivity contribution in [3.05, 3.63) is 41.3 Å². The highest BCUT2D eigenvalue weighted by molar-refractivity contribution is 6.30. The molecule has 0 aliphatic rings. The lowest BCUT2D eigenvalue weighted by atomic mass is 10.1. The van der Waals surface area contributed by atoms with E-state index in [0.717, 1.165) is 5.69 Å². The first-order valence-electron chi connectivity index (χ1n) is 5.61. The molecule has 0 bridgehead atoms. The second-order valence-electron chi connectivity index (χ2n) is 4.22. The number of hydrogen-bond donors (Lipinski definition) is 1. The second-order valence-corrected chi connectivity index (χ2v) is 4.66. The molecule has 2 N–H and O–H groups in total. The van der Waals surface area contributed by atoms with Crippen molar-refractivity contribution >= 4 is 17.3 Å². The smallest absolute Gasteiger partial charge is 0.222 e. The van der Waals surface area contributed by atoms with Crippen molar-refractivity contribution in [2.24, 2.45) is 0 Å². The zero-order valence-electron chi connectivity index (χ0n) is 10.2. The molecule has 2 aromatic rings. The van der Waals surface area contributed by atoms with Gasteiger partial charge >= 0.3 is 0 Å². The maximum atomic E-state index is 5.83. The van der Waals surface area contributed by atoms with E-state index in [0.29, 0.717) is 28.3 Å². The van der Waals surface area contributed by atoms with E-state index in [9.17, 15) is 0 Å². The summed E-state index contributed by atoms with van der Waals surface area (Å²) in [6.45, 7) is 4.12. The first-order chi connectivity index (χ1) is 8.56. The van der Waals surface area contributed by atoms with Crippen LogP contribution in [0.15, 0.2) is 30.6 Å². The van der Waals surface area contributed by atoms with Gasteiger partial charge in [0.25, 0.3) is 0 Å². The summed E-state index contributed by atoms with van der Waals surface area (Å²) >= 11 is 5.83. The third kappa shape index (κ3) is 2.90. The summed E-state index contributed by atoms with van der Waals surface area (Å²) in [6.07, 6.45) is 1.48. The number of aromatic nitrogens is 2. The van der Waals surface area contributed by atoms with Gasteiger partial charge in [-0.2, -0.15) is 0 Å². The third-order valence-electron chi connectivity index (χ3n) is 2.44. The molecule has 0 amide bonds. The summed E-state index contributed by atoms with van der Waals surface area (Å²) in [4.78, 5) is 8.23. The van der Waals surface area contributed by atoms with Crippen LogP contribution in [-0.2, 0) is 0 Å². The summed E-state index contributed by atoms with van der Waals surface area (Å²) in [5.41, 5.74) is 7.22. The number of benzene rings is 1. The summed E-state index contributed by atoms with van der Waals surface area (Å²) < 4.78 is 5.62. The summed E-state index contributed by atoms with van der Waals surface area (Å²) in [5.74, 6) is 1.33. The van der Waals surface area contributed by atoms with E-state index in [-0.39, 0.29) is 0 Å². The van der Waals surface area contributed by atoms with E-state index >= 15 is 0 Å². The lowest BCUT2D eigenvalue weighted by molar-refractivity contribution is 0.461. The molecule has 0 atom stereocenters. The standard InChI is InChI=1S/C13H14ClN3O/c1-8(2)11-6-13(17-7-16-11)18-12-4-3-9(14)5-10(12)15/h3-8H,15H2,1-2H3. The van der Waals surface area contributed by atoms with Crippen LogP contribution in [0.2, 0.25) is 5.02 Å². The predicted molar refractivity (Wildman–Crippen MR) is 72.1 cm³/mol. The third-order valence-corrected chi connectivity index (χ3v) is 2.68. The average Bonchev–Trinajstić information content (AvgIpc) is 2.33. The molecule has 18 heavy (non-hydrogen) atoms. The molecule has 2 rings (SSSR count). The molecule has 1 aromatic carbocycles. The van der Waals surface area contributed by atoms with E-state index < -0.39 is 0 Å². The van der Waals surface area contributed by atoms with Crippen molar-refractivity contribution in [1.82, 2.24) is 9.97 Å². The fourth-order valence-electron chi connectivity index (χ4n) is 1.45. The number of nitrogens with two attached hydrogens (primary N) is 1. The first kappa shape index (κ1) is 12.6. The van der Waals surface area contributed by atoms with Gasteiger partial charge < -0.3 is 10.5 Å². The minimum absolute atomic E-state index is 0.318. The number of anilines is 1. The SMILES string of the molecule is CC(C)c1cc(Oc2ccc(Cl)cc2N)ncn1. The van der Waals surface area contributed by atoms with Crippen molar-refractivity contribution in [3.63, 3.8) is 0 Å². The van der Waals surface area contributed by atoms with E-state index in [4.69, 9.17) is 22.1 Å². The van der Waals surface area contributed by atoms with Gasteiger partial charge in [-0.3, -0.25) is 0 Å². The first-order valence-corrected chi connectivity index (χ1v) is 5.99. The van der Waals surface area contributed by atoms with Crippen LogP contribution >= 0.6 is 11.6 Å². The fourth-order valence-corrected chi connectivity index (χ4v) is 1.63. The summed E-state index contributed by atoms with van der Waals surface area (Å²) in [7, 11) is 0. The molecule has 0 fully saturated rings. The molecule has 1 heterocycles. The number of nitrogen functional groups attached to an aromatic ring is 1. The second kappa shape index (κ2) is 5.23. The van der Waals surface area contributed by atoms with Crippen molar-refractivity contribution in [2.45, 2.75) is 19.8 Å². The van der Waals surface area contributed by atoms with Gasteiger partial charge in [0.1, 0.15) is 6.33 Å². The van der Waals surface area contributed by atoms with Crippen LogP contribution in [-0.4, -0.2) is 9.97 Å². The Kier molecular flexibility index (Phi) is 3.67. The Morgan fingerprint density at radius 2 is 2.00 bits per heavy atom. The highest BCUT2D eigenvalue weighted by Gasteiger charge is 2.07. The van der Waals surface area contributed by atoms with Crippen LogP contribution in [0.25, 0.3) is 0 Å². The molecule has 5 heteroatoms. The molecule has 0 spiro atoms. The van der Waals surface area contributed by atoms with Gasteiger partial charge in [0.15, 0.2) is 5.75 Å². The van der Waals surface area contributed by atoms with Crippen LogP contribution in [0.3, 0.4) is 0 Å². The zero-order chi connectivity index (χ0) is 13.1. The number of halogens is 1. The van der Waals surface area contributed by atoms with E-state index in [2.05, 4.69) is 23.8 Å².